The first kappa shape index (κ1) is 15.3. The predicted octanol–water partition coefficient (Wildman–Crippen LogP) is 2.80. The van der Waals surface area contributed by atoms with Crippen LogP contribution >= 0.6 is 11.6 Å². The van der Waals surface area contributed by atoms with Crippen LogP contribution in [-0.4, -0.2) is 21.6 Å². The summed E-state index contributed by atoms with van der Waals surface area (Å²) in [5.74, 6) is 0.936. The summed E-state index contributed by atoms with van der Waals surface area (Å²) in [6, 6.07) is 12.1. The summed E-state index contributed by atoms with van der Waals surface area (Å²) in [4.78, 5) is 0.222. The monoisotopic (exact) mass is 337 g/mol. The molecule has 6 heteroatoms. The summed E-state index contributed by atoms with van der Waals surface area (Å²) in [5, 5.41) is 0.513. The molecule has 0 amide bonds. The highest BCUT2D eigenvalue weighted by Crippen LogP contribution is 2.25. The van der Waals surface area contributed by atoms with Crippen LogP contribution in [0.1, 0.15) is 11.1 Å². The summed E-state index contributed by atoms with van der Waals surface area (Å²) in [5.41, 5.74) is 2.29. The maximum Gasteiger partial charge on any atom is 0.240 e. The third kappa shape index (κ3) is 3.43. The number of fused-ring (bicyclic) bond motifs is 1. The number of sulfonamides is 1. The van der Waals surface area contributed by atoms with E-state index in [2.05, 4.69) is 10.8 Å². The molecule has 0 aliphatic carbocycles. The van der Waals surface area contributed by atoms with Crippen molar-refractivity contribution in [3.05, 3.63) is 58.6 Å². The topological polar surface area (TPSA) is 55.4 Å². The SMILES string of the molecule is O=S(=O)(NCCc1ccc2c(c1)CCO2)c1ccc(Cl)cc1. The van der Waals surface area contributed by atoms with Gasteiger partial charge in [0.1, 0.15) is 5.75 Å². The molecule has 0 radical (unpaired) electrons. The second kappa shape index (κ2) is 6.28. The van der Waals surface area contributed by atoms with E-state index in [4.69, 9.17) is 16.3 Å². The largest absolute Gasteiger partial charge is 0.493 e. The van der Waals surface area contributed by atoms with Crippen molar-refractivity contribution in [1.29, 1.82) is 0 Å². The molecule has 22 heavy (non-hydrogen) atoms. The van der Waals surface area contributed by atoms with Gasteiger partial charge in [-0.3, -0.25) is 0 Å². The first-order valence-corrected chi connectivity index (χ1v) is 8.90. The maximum atomic E-state index is 12.1. The average Bonchev–Trinajstić information content (AvgIpc) is 2.95. The van der Waals surface area contributed by atoms with Crippen molar-refractivity contribution in [2.75, 3.05) is 13.2 Å². The summed E-state index contributed by atoms with van der Waals surface area (Å²) < 4.78 is 32.4. The van der Waals surface area contributed by atoms with E-state index in [1.807, 2.05) is 12.1 Å². The zero-order valence-corrected chi connectivity index (χ0v) is 13.5. The Morgan fingerprint density at radius 2 is 1.91 bits per heavy atom. The molecular formula is C16H16ClNO3S. The Hall–Kier alpha value is -1.56. The Bertz CT molecular complexity index is 772. The van der Waals surface area contributed by atoms with Gasteiger partial charge in [-0.15, -0.1) is 0 Å². The highest BCUT2D eigenvalue weighted by molar-refractivity contribution is 7.89. The third-order valence-electron chi connectivity index (χ3n) is 3.58. The number of rotatable bonds is 5. The Labute approximate surface area is 135 Å². The molecule has 116 valence electrons. The lowest BCUT2D eigenvalue weighted by atomic mass is 10.1. The molecule has 0 bridgehead atoms. The number of hydrogen-bond acceptors (Lipinski definition) is 3. The summed E-state index contributed by atoms with van der Waals surface area (Å²) >= 11 is 5.77. The molecule has 1 aliphatic rings. The van der Waals surface area contributed by atoms with E-state index in [0.717, 1.165) is 24.3 Å². The maximum absolute atomic E-state index is 12.1. The molecule has 0 saturated carbocycles. The molecule has 1 aliphatic heterocycles. The van der Waals surface area contributed by atoms with Crippen molar-refractivity contribution in [2.45, 2.75) is 17.7 Å². The molecule has 1 N–H and O–H groups in total. The molecule has 3 rings (SSSR count). The number of ether oxygens (including phenoxy) is 1. The molecule has 0 saturated heterocycles. The van der Waals surface area contributed by atoms with Crippen LogP contribution in [0.4, 0.5) is 0 Å². The van der Waals surface area contributed by atoms with E-state index in [0.29, 0.717) is 18.0 Å². The van der Waals surface area contributed by atoms with Crippen molar-refractivity contribution in [3.63, 3.8) is 0 Å². The molecule has 1 heterocycles. The lowest BCUT2D eigenvalue weighted by molar-refractivity contribution is 0.357. The third-order valence-corrected chi connectivity index (χ3v) is 5.31. The minimum Gasteiger partial charge on any atom is -0.493 e. The quantitative estimate of drug-likeness (QED) is 0.912. The molecule has 0 aromatic heterocycles. The van der Waals surface area contributed by atoms with Crippen LogP contribution in [0.3, 0.4) is 0 Å². The fourth-order valence-electron chi connectivity index (χ4n) is 2.42. The van der Waals surface area contributed by atoms with Crippen LogP contribution in [0.2, 0.25) is 5.02 Å². The number of hydrogen-bond donors (Lipinski definition) is 1. The van der Waals surface area contributed by atoms with E-state index in [1.165, 1.54) is 17.7 Å². The number of nitrogens with one attached hydrogen (secondary N) is 1. The van der Waals surface area contributed by atoms with E-state index >= 15 is 0 Å². The van der Waals surface area contributed by atoms with Crippen molar-refractivity contribution < 1.29 is 13.2 Å². The molecular weight excluding hydrogens is 322 g/mol. The van der Waals surface area contributed by atoms with Gasteiger partial charge in [0, 0.05) is 18.0 Å². The highest BCUT2D eigenvalue weighted by Gasteiger charge is 2.14. The first-order chi connectivity index (χ1) is 10.5. The minimum absolute atomic E-state index is 0.222. The average molecular weight is 338 g/mol. The van der Waals surface area contributed by atoms with Crippen molar-refractivity contribution in [3.8, 4) is 5.75 Å². The molecule has 4 nitrogen and oxygen atoms in total. The standard InChI is InChI=1S/C16H16ClNO3S/c17-14-2-4-15(5-3-14)22(19,20)18-9-7-12-1-6-16-13(11-12)8-10-21-16/h1-6,11,18H,7-10H2. The molecule has 2 aromatic carbocycles. The Kier molecular flexibility index (Phi) is 4.38. The van der Waals surface area contributed by atoms with Crippen LogP contribution in [0.5, 0.6) is 5.75 Å². The van der Waals surface area contributed by atoms with Gasteiger partial charge in [-0.25, -0.2) is 13.1 Å². The lowest BCUT2D eigenvalue weighted by Gasteiger charge is -2.08. The van der Waals surface area contributed by atoms with Gasteiger partial charge in [-0.2, -0.15) is 0 Å². The highest BCUT2D eigenvalue weighted by atomic mass is 35.5. The smallest absolute Gasteiger partial charge is 0.240 e. The second-order valence-corrected chi connectivity index (χ2v) is 7.35. The van der Waals surface area contributed by atoms with Gasteiger partial charge in [0.15, 0.2) is 0 Å². The van der Waals surface area contributed by atoms with Gasteiger partial charge in [0.2, 0.25) is 10.0 Å². The fourth-order valence-corrected chi connectivity index (χ4v) is 3.58. The van der Waals surface area contributed by atoms with E-state index < -0.39 is 10.0 Å². The van der Waals surface area contributed by atoms with Gasteiger partial charge < -0.3 is 4.74 Å². The van der Waals surface area contributed by atoms with Gasteiger partial charge in [0.25, 0.3) is 0 Å². The van der Waals surface area contributed by atoms with E-state index in [9.17, 15) is 8.42 Å². The van der Waals surface area contributed by atoms with Crippen LogP contribution < -0.4 is 9.46 Å². The number of benzene rings is 2. The van der Waals surface area contributed by atoms with Gasteiger partial charge in [-0.05, 0) is 47.9 Å². The molecule has 0 fully saturated rings. The van der Waals surface area contributed by atoms with Crippen molar-refractivity contribution in [1.82, 2.24) is 4.72 Å². The first-order valence-electron chi connectivity index (χ1n) is 7.04. The lowest BCUT2D eigenvalue weighted by Crippen LogP contribution is -2.25. The zero-order valence-electron chi connectivity index (χ0n) is 11.9. The van der Waals surface area contributed by atoms with Gasteiger partial charge >= 0.3 is 0 Å². The Morgan fingerprint density at radius 3 is 2.68 bits per heavy atom. The molecule has 0 unspecified atom stereocenters. The molecule has 0 atom stereocenters. The Morgan fingerprint density at radius 1 is 1.14 bits per heavy atom. The summed E-state index contributed by atoms with van der Waals surface area (Å²) in [6.45, 7) is 1.08. The normalized spacial score (nSPS) is 13.7. The van der Waals surface area contributed by atoms with Crippen molar-refractivity contribution in [2.24, 2.45) is 0 Å². The van der Waals surface area contributed by atoms with E-state index in [1.54, 1.807) is 12.1 Å². The fraction of sp³-hybridized carbons (Fsp3) is 0.250. The zero-order chi connectivity index (χ0) is 15.6. The van der Waals surface area contributed by atoms with Crippen LogP contribution in [0.15, 0.2) is 47.4 Å². The van der Waals surface area contributed by atoms with Gasteiger partial charge in [0.05, 0.1) is 11.5 Å². The van der Waals surface area contributed by atoms with E-state index in [-0.39, 0.29) is 4.90 Å². The summed E-state index contributed by atoms with van der Waals surface area (Å²) in [7, 11) is -3.49. The second-order valence-electron chi connectivity index (χ2n) is 5.14. The van der Waals surface area contributed by atoms with Crippen LogP contribution in [0.25, 0.3) is 0 Å². The summed E-state index contributed by atoms with van der Waals surface area (Å²) in [6.07, 6.45) is 1.56. The Balaban J connectivity index is 1.61. The minimum atomic E-state index is -3.49. The number of halogens is 1. The molecule has 2 aromatic rings. The van der Waals surface area contributed by atoms with Crippen molar-refractivity contribution >= 4 is 21.6 Å². The predicted molar refractivity (Wildman–Crippen MR) is 86.0 cm³/mol. The van der Waals surface area contributed by atoms with Gasteiger partial charge in [-0.1, -0.05) is 23.7 Å². The molecule has 0 spiro atoms. The van der Waals surface area contributed by atoms with Crippen LogP contribution in [-0.2, 0) is 22.9 Å². The van der Waals surface area contributed by atoms with Crippen LogP contribution in [0, 0.1) is 0 Å².